The molecule has 1 rings (SSSR count). The van der Waals surface area contributed by atoms with Gasteiger partial charge in [-0.05, 0) is 43.9 Å². The zero-order valence-corrected chi connectivity index (χ0v) is 15.9. The molecular formula is C21H32N2O3. The van der Waals surface area contributed by atoms with Gasteiger partial charge in [0, 0.05) is 24.2 Å². The van der Waals surface area contributed by atoms with Crippen molar-refractivity contribution in [3.63, 3.8) is 0 Å². The van der Waals surface area contributed by atoms with Crippen molar-refractivity contribution in [3.05, 3.63) is 42.0 Å². The molecule has 3 N–H and O–H groups in total. The molecule has 1 aromatic carbocycles. The van der Waals surface area contributed by atoms with Gasteiger partial charge >= 0.3 is 5.97 Å². The largest absolute Gasteiger partial charge is 0.462 e. The fourth-order valence-electron chi connectivity index (χ4n) is 2.50. The molecule has 0 aliphatic carbocycles. The summed E-state index contributed by atoms with van der Waals surface area (Å²) in [6, 6.07) is 7.73. The number of carbonyl (C=O) groups excluding carboxylic acids is 2. The Morgan fingerprint density at radius 3 is 2.31 bits per heavy atom. The van der Waals surface area contributed by atoms with E-state index in [1.807, 2.05) is 24.3 Å². The Morgan fingerprint density at radius 2 is 1.65 bits per heavy atom. The maximum Gasteiger partial charge on any atom is 0.333 e. The van der Waals surface area contributed by atoms with Gasteiger partial charge in [-0.3, -0.25) is 4.79 Å². The van der Waals surface area contributed by atoms with Gasteiger partial charge in [-0.1, -0.05) is 44.4 Å². The summed E-state index contributed by atoms with van der Waals surface area (Å²) in [4.78, 5) is 23.0. The lowest BCUT2D eigenvalue weighted by molar-refractivity contribution is -0.139. The van der Waals surface area contributed by atoms with Gasteiger partial charge in [0.15, 0.2) is 0 Å². The first-order valence-electron chi connectivity index (χ1n) is 9.43. The molecule has 0 spiro atoms. The number of benzene rings is 1. The molecule has 0 unspecified atom stereocenters. The number of amides is 1. The van der Waals surface area contributed by atoms with Crippen LogP contribution in [0.15, 0.2) is 36.4 Å². The van der Waals surface area contributed by atoms with Crippen LogP contribution in [0.2, 0.25) is 0 Å². The Morgan fingerprint density at radius 1 is 1.04 bits per heavy atom. The molecule has 0 radical (unpaired) electrons. The van der Waals surface area contributed by atoms with Gasteiger partial charge in [-0.25, -0.2) is 4.79 Å². The predicted molar refractivity (Wildman–Crippen MR) is 106 cm³/mol. The van der Waals surface area contributed by atoms with E-state index in [0.717, 1.165) is 50.6 Å². The average molecular weight is 360 g/mol. The Bertz CT molecular complexity index is 567. The Kier molecular flexibility index (Phi) is 10.9. The van der Waals surface area contributed by atoms with Gasteiger partial charge in [-0.15, -0.1) is 0 Å². The zero-order valence-electron chi connectivity index (χ0n) is 15.9. The molecule has 0 aliphatic heterocycles. The molecular weight excluding hydrogens is 328 g/mol. The van der Waals surface area contributed by atoms with E-state index in [1.165, 1.54) is 5.56 Å². The van der Waals surface area contributed by atoms with Gasteiger partial charge in [0.25, 0.3) is 0 Å². The topological polar surface area (TPSA) is 81.4 Å². The maximum atomic E-state index is 11.8. The number of rotatable bonds is 13. The summed E-state index contributed by atoms with van der Waals surface area (Å²) in [5.41, 5.74) is 8.02. The standard InChI is InChI=1S/C21H32N2O3/c1-17(2)21(25)26-16-8-6-4-3-5-7-9-20(24)23-15-14-18-10-12-19(22)13-11-18/h10-13H,1,3-9,14-16,22H2,2H3,(H,23,24). The number of nitrogens with two attached hydrogens (primary N) is 1. The minimum Gasteiger partial charge on any atom is -0.462 e. The van der Waals surface area contributed by atoms with E-state index in [4.69, 9.17) is 10.5 Å². The van der Waals surface area contributed by atoms with Crippen LogP contribution in [0, 0.1) is 0 Å². The lowest BCUT2D eigenvalue weighted by Crippen LogP contribution is -2.25. The number of unbranched alkanes of at least 4 members (excludes halogenated alkanes) is 5. The first-order valence-corrected chi connectivity index (χ1v) is 9.43. The molecule has 0 saturated heterocycles. The van der Waals surface area contributed by atoms with Crippen LogP contribution in [0.5, 0.6) is 0 Å². The monoisotopic (exact) mass is 360 g/mol. The van der Waals surface area contributed by atoms with Crippen LogP contribution in [-0.2, 0) is 20.7 Å². The maximum absolute atomic E-state index is 11.8. The normalized spacial score (nSPS) is 10.3. The highest BCUT2D eigenvalue weighted by molar-refractivity contribution is 5.86. The third-order valence-electron chi connectivity index (χ3n) is 4.10. The van der Waals surface area contributed by atoms with E-state index in [1.54, 1.807) is 6.92 Å². The second kappa shape index (κ2) is 13.0. The highest BCUT2D eigenvalue weighted by Crippen LogP contribution is 2.08. The van der Waals surface area contributed by atoms with Gasteiger partial charge < -0.3 is 15.8 Å². The highest BCUT2D eigenvalue weighted by atomic mass is 16.5. The van der Waals surface area contributed by atoms with Crippen LogP contribution < -0.4 is 11.1 Å². The van der Waals surface area contributed by atoms with Gasteiger partial charge in [0.2, 0.25) is 5.91 Å². The summed E-state index contributed by atoms with van der Waals surface area (Å²) in [5.74, 6) is -0.195. The minimum atomic E-state index is -0.313. The summed E-state index contributed by atoms with van der Waals surface area (Å²) in [6.07, 6.45) is 7.49. The SMILES string of the molecule is C=C(C)C(=O)OCCCCCCCCC(=O)NCCc1ccc(N)cc1. The molecule has 0 aromatic heterocycles. The van der Waals surface area contributed by atoms with Crippen LogP contribution in [0.4, 0.5) is 5.69 Å². The van der Waals surface area contributed by atoms with E-state index in [-0.39, 0.29) is 11.9 Å². The van der Waals surface area contributed by atoms with Crippen molar-refractivity contribution in [2.45, 2.75) is 58.3 Å². The van der Waals surface area contributed by atoms with Crippen molar-refractivity contribution in [2.75, 3.05) is 18.9 Å². The zero-order chi connectivity index (χ0) is 19.2. The van der Waals surface area contributed by atoms with Gasteiger partial charge in [-0.2, -0.15) is 0 Å². The predicted octanol–water partition coefficient (Wildman–Crippen LogP) is 3.78. The van der Waals surface area contributed by atoms with E-state index < -0.39 is 0 Å². The molecule has 0 bridgehead atoms. The number of ether oxygens (including phenoxy) is 1. The fraction of sp³-hybridized carbons (Fsp3) is 0.524. The van der Waals surface area contributed by atoms with E-state index >= 15 is 0 Å². The van der Waals surface area contributed by atoms with Crippen molar-refractivity contribution in [1.29, 1.82) is 0 Å². The van der Waals surface area contributed by atoms with E-state index in [0.29, 0.717) is 25.1 Å². The number of carbonyl (C=O) groups is 2. The first kappa shape index (κ1) is 21.7. The fourth-order valence-corrected chi connectivity index (χ4v) is 2.50. The molecule has 5 heteroatoms. The Hall–Kier alpha value is -2.30. The minimum absolute atomic E-state index is 0.118. The number of nitrogen functional groups attached to an aromatic ring is 1. The summed E-state index contributed by atoms with van der Waals surface area (Å²) in [7, 11) is 0. The quantitative estimate of drug-likeness (QED) is 0.243. The molecule has 0 heterocycles. The van der Waals surface area contributed by atoms with Crippen LogP contribution >= 0.6 is 0 Å². The Labute approximate surface area is 157 Å². The second-order valence-electron chi connectivity index (χ2n) is 6.63. The van der Waals surface area contributed by atoms with E-state index in [2.05, 4.69) is 11.9 Å². The van der Waals surface area contributed by atoms with Crippen LogP contribution in [-0.4, -0.2) is 25.0 Å². The number of esters is 1. The second-order valence-corrected chi connectivity index (χ2v) is 6.63. The van der Waals surface area contributed by atoms with Crippen LogP contribution in [0.3, 0.4) is 0 Å². The molecule has 144 valence electrons. The molecule has 5 nitrogen and oxygen atoms in total. The summed E-state index contributed by atoms with van der Waals surface area (Å²) < 4.78 is 5.04. The number of anilines is 1. The van der Waals surface area contributed by atoms with Crippen molar-refractivity contribution >= 4 is 17.6 Å². The van der Waals surface area contributed by atoms with Crippen molar-refractivity contribution in [3.8, 4) is 0 Å². The van der Waals surface area contributed by atoms with Crippen molar-refractivity contribution < 1.29 is 14.3 Å². The molecule has 0 saturated carbocycles. The lowest BCUT2D eigenvalue weighted by atomic mass is 10.1. The third-order valence-corrected chi connectivity index (χ3v) is 4.10. The lowest BCUT2D eigenvalue weighted by Gasteiger charge is -2.06. The summed E-state index contributed by atoms with van der Waals surface area (Å²) >= 11 is 0. The third kappa shape index (κ3) is 10.5. The van der Waals surface area contributed by atoms with Gasteiger partial charge in [0.05, 0.1) is 6.61 Å². The number of nitrogens with one attached hydrogen (secondary N) is 1. The van der Waals surface area contributed by atoms with Gasteiger partial charge in [0.1, 0.15) is 0 Å². The molecule has 26 heavy (non-hydrogen) atoms. The van der Waals surface area contributed by atoms with Crippen LogP contribution in [0.25, 0.3) is 0 Å². The first-order chi connectivity index (χ1) is 12.5. The smallest absolute Gasteiger partial charge is 0.333 e. The molecule has 0 fully saturated rings. The molecule has 1 aromatic rings. The van der Waals surface area contributed by atoms with Crippen molar-refractivity contribution in [1.82, 2.24) is 5.32 Å². The molecule has 0 atom stereocenters. The van der Waals surface area contributed by atoms with Crippen LogP contribution in [0.1, 0.15) is 57.4 Å². The summed E-state index contributed by atoms with van der Waals surface area (Å²) in [6.45, 7) is 6.31. The highest BCUT2D eigenvalue weighted by Gasteiger charge is 2.03. The van der Waals surface area contributed by atoms with E-state index in [9.17, 15) is 9.59 Å². The average Bonchev–Trinajstić information content (AvgIpc) is 2.61. The van der Waals surface area contributed by atoms with Crippen molar-refractivity contribution in [2.24, 2.45) is 0 Å². The summed E-state index contributed by atoms with van der Waals surface area (Å²) in [5, 5.41) is 2.96. The molecule has 1 amide bonds. The number of hydrogen-bond donors (Lipinski definition) is 2. The Balaban J connectivity index is 1.91. The number of hydrogen-bond acceptors (Lipinski definition) is 4. The molecule has 0 aliphatic rings.